The Labute approximate surface area is 216 Å². The number of hydrogen-bond acceptors (Lipinski definition) is 5. The highest BCUT2D eigenvalue weighted by atomic mass is 127. The lowest BCUT2D eigenvalue weighted by Crippen LogP contribution is -2.48. The van der Waals surface area contributed by atoms with E-state index < -0.39 is 0 Å². The normalized spacial score (nSPS) is 20.2. The Balaban J connectivity index is 0.00000385. The number of esters is 1. The smallest absolute Gasteiger partial charge is 0.310 e. The van der Waals surface area contributed by atoms with E-state index >= 15 is 0 Å². The molecule has 1 aromatic carbocycles. The maximum Gasteiger partial charge on any atom is 0.310 e. The Hall–Kier alpha value is -1.55. The van der Waals surface area contributed by atoms with Gasteiger partial charge in [-0.1, -0.05) is 12.1 Å². The predicted octanol–water partition coefficient (Wildman–Crippen LogP) is 3.77. The summed E-state index contributed by atoms with van der Waals surface area (Å²) in [6, 6.07) is 8.37. The second-order valence-electron chi connectivity index (χ2n) is 8.80. The molecular formula is C25H41IN4O3. The van der Waals surface area contributed by atoms with Crippen molar-refractivity contribution in [2.24, 2.45) is 16.8 Å². The lowest BCUT2D eigenvalue weighted by Gasteiger charge is -2.35. The number of nitrogens with one attached hydrogen (secondary N) is 1. The summed E-state index contributed by atoms with van der Waals surface area (Å²) in [4.78, 5) is 22.0. The molecular weight excluding hydrogens is 531 g/mol. The Bertz CT molecular complexity index is 736. The van der Waals surface area contributed by atoms with Crippen molar-refractivity contribution in [2.75, 3.05) is 53.0 Å². The molecule has 1 N–H and O–H groups in total. The van der Waals surface area contributed by atoms with Crippen LogP contribution in [0, 0.1) is 11.8 Å². The first-order valence-electron chi connectivity index (χ1n) is 12.2. The largest absolute Gasteiger partial charge is 0.497 e. The number of guanidine groups is 1. The van der Waals surface area contributed by atoms with Crippen LogP contribution in [-0.2, 0) is 16.1 Å². The van der Waals surface area contributed by atoms with Gasteiger partial charge in [0.25, 0.3) is 0 Å². The van der Waals surface area contributed by atoms with Crippen LogP contribution in [0.1, 0.15) is 45.1 Å². The number of nitrogens with zero attached hydrogens (tertiary/aromatic N) is 3. The van der Waals surface area contributed by atoms with Crippen LogP contribution in [0.4, 0.5) is 0 Å². The minimum absolute atomic E-state index is 0. The van der Waals surface area contributed by atoms with Gasteiger partial charge in [0.05, 0.1) is 19.6 Å². The van der Waals surface area contributed by atoms with Gasteiger partial charge in [0.15, 0.2) is 5.96 Å². The SMILES string of the molecule is CCNC(=NCC1CCN(Cc2ccc(OC)cc2)CC1)N1CCCC(C(=O)OCC)C1.I. The van der Waals surface area contributed by atoms with Crippen LogP contribution < -0.4 is 10.1 Å². The number of ether oxygens (including phenoxy) is 2. The van der Waals surface area contributed by atoms with Gasteiger partial charge in [-0.2, -0.15) is 0 Å². The molecule has 2 saturated heterocycles. The quantitative estimate of drug-likeness (QED) is 0.222. The first-order chi connectivity index (χ1) is 15.6. The number of piperidine rings is 2. The average Bonchev–Trinajstić information content (AvgIpc) is 2.83. The van der Waals surface area contributed by atoms with Crippen molar-refractivity contribution in [1.29, 1.82) is 0 Å². The molecule has 0 aliphatic carbocycles. The van der Waals surface area contributed by atoms with Gasteiger partial charge in [0.1, 0.15) is 5.75 Å². The first kappa shape index (κ1) is 27.7. The van der Waals surface area contributed by atoms with E-state index in [0.29, 0.717) is 19.1 Å². The fraction of sp³-hybridized carbons (Fsp3) is 0.680. The molecule has 0 amide bonds. The molecule has 33 heavy (non-hydrogen) atoms. The minimum atomic E-state index is -0.0720. The van der Waals surface area contributed by atoms with Crippen LogP contribution >= 0.6 is 24.0 Å². The second-order valence-corrected chi connectivity index (χ2v) is 8.80. The minimum Gasteiger partial charge on any atom is -0.497 e. The highest BCUT2D eigenvalue weighted by Crippen LogP contribution is 2.22. The van der Waals surface area contributed by atoms with E-state index in [1.165, 1.54) is 18.4 Å². The molecule has 0 saturated carbocycles. The Morgan fingerprint density at radius 2 is 1.85 bits per heavy atom. The summed E-state index contributed by atoms with van der Waals surface area (Å²) < 4.78 is 10.5. The lowest BCUT2D eigenvalue weighted by atomic mass is 9.96. The number of likely N-dealkylation sites (tertiary alicyclic amines) is 2. The lowest BCUT2D eigenvalue weighted by molar-refractivity contribution is -0.149. The number of hydrogen-bond donors (Lipinski definition) is 1. The number of carbonyl (C=O) groups excluding carboxylic acids is 1. The van der Waals surface area contributed by atoms with E-state index in [-0.39, 0.29) is 35.9 Å². The molecule has 1 aromatic rings. The van der Waals surface area contributed by atoms with E-state index in [1.807, 2.05) is 19.1 Å². The van der Waals surface area contributed by atoms with Crippen LogP contribution in [-0.4, -0.2) is 74.7 Å². The summed E-state index contributed by atoms with van der Waals surface area (Å²) >= 11 is 0. The van der Waals surface area contributed by atoms with E-state index in [9.17, 15) is 4.79 Å². The van der Waals surface area contributed by atoms with Gasteiger partial charge < -0.3 is 19.7 Å². The van der Waals surface area contributed by atoms with Gasteiger partial charge in [-0.3, -0.25) is 14.7 Å². The third kappa shape index (κ3) is 8.63. The third-order valence-electron chi connectivity index (χ3n) is 6.45. The van der Waals surface area contributed by atoms with Crippen LogP contribution in [0.3, 0.4) is 0 Å². The average molecular weight is 573 g/mol. The van der Waals surface area contributed by atoms with Gasteiger partial charge in [0.2, 0.25) is 0 Å². The van der Waals surface area contributed by atoms with Crippen molar-refractivity contribution in [3.63, 3.8) is 0 Å². The number of carbonyl (C=O) groups is 1. The third-order valence-corrected chi connectivity index (χ3v) is 6.45. The first-order valence-corrected chi connectivity index (χ1v) is 12.2. The molecule has 7 nitrogen and oxygen atoms in total. The number of aliphatic imine (C=N–C) groups is 1. The topological polar surface area (TPSA) is 66.4 Å². The summed E-state index contributed by atoms with van der Waals surface area (Å²) in [6.45, 7) is 10.9. The molecule has 2 aliphatic rings. The number of rotatable bonds is 8. The van der Waals surface area contributed by atoms with Crippen molar-refractivity contribution in [3.05, 3.63) is 29.8 Å². The zero-order valence-corrected chi connectivity index (χ0v) is 22.8. The van der Waals surface area contributed by atoms with Crippen LogP contribution in [0.25, 0.3) is 0 Å². The zero-order valence-electron chi connectivity index (χ0n) is 20.4. The molecule has 1 unspecified atom stereocenters. The molecule has 0 spiro atoms. The van der Waals surface area contributed by atoms with Crippen molar-refractivity contribution in [1.82, 2.24) is 15.1 Å². The van der Waals surface area contributed by atoms with Crippen molar-refractivity contribution in [2.45, 2.75) is 46.1 Å². The molecule has 1 atom stereocenters. The Kier molecular flexibility index (Phi) is 12.3. The number of halogens is 1. The molecule has 2 fully saturated rings. The molecule has 0 aromatic heterocycles. The van der Waals surface area contributed by atoms with E-state index in [0.717, 1.165) is 63.8 Å². The molecule has 2 heterocycles. The summed E-state index contributed by atoms with van der Waals surface area (Å²) in [7, 11) is 1.70. The molecule has 0 radical (unpaired) electrons. The maximum absolute atomic E-state index is 12.2. The summed E-state index contributed by atoms with van der Waals surface area (Å²) in [5.41, 5.74) is 1.33. The summed E-state index contributed by atoms with van der Waals surface area (Å²) in [6.07, 6.45) is 4.24. The van der Waals surface area contributed by atoms with Gasteiger partial charge in [-0.05, 0) is 76.2 Å². The van der Waals surface area contributed by atoms with Gasteiger partial charge in [-0.25, -0.2) is 0 Å². The van der Waals surface area contributed by atoms with E-state index in [2.05, 4.69) is 34.2 Å². The number of benzene rings is 1. The van der Waals surface area contributed by atoms with Gasteiger partial charge in [-0.15, -0.1) is 24.0 Å². The molecule has 2 aliphatic heterocycles. The molecule has 8 heteroatoms. The Morgan fingerprint density at radius 1 is 1.12 bits per heavy atom. The van der Waals surface area contributed by atoms with Crippen molar-refractivity contribution in [3.8, 4) is 5.75 Å². The fourth-order valence-electron chi connectivity index (χ4n) is 4.58. The standard InChI is InChI=1S/C25H40N4O3.HI/c1-4-26-25(29-14-6-7-22(19-29)24(30)32-5-2)27-17-20-12-15-28(16-13-20)18-21-8-10-23(31-3)11-9-21;/h8-11,20,22H,4-7,12-19H2,1-3H3,(H,26,27);1H. The van der Waals surface area contributed by atoms with E-state index in [4.69, 9.17) is 14.5 Å². The monoisotopic (exact) mass is 572 g/mol. The Morgan fingerprint density at radius 3 is 2.48 bits per heavy atom. The van der Waals surface area contributed by atoms with Crippen molar-refractivity contribution >= 4 is 35.9 Å². The number of methoxy groups -OCH3 is 1. The van der Waals surface area contributed by atoms with Gasteiger partial charge >= 0.3 is 5.97 Å². The van der Waals surface area contributed by atoms with E-state index in [1.54, 1.807) is 7.11 Å². The van der Waals surface area contributed by atoms with Crippen LogP contribution in [0.15, 0.2) is 29.3 Å². The molecule has 0 bridgehead atoms. The summed E-state index contributed by atoms with van der Waals surface area (Å²) in [5, 5.41) is 3.44. The zero-order chi connectivity index (χ0) is 22.8. The highest BCUT2D eigenvalue weighted by molar-refractivity contribution is 14.0. The second kappa shape index (κ2) is 14.7. The summed E-state index contributed by atoms with van der Waals surface area (Å²) in [5.74, 6) is 2.35. The van der Waals surface area contributed by atoms with Crippen molar-refractivity contribution < 1.29 is 14.3 Å². The molecule has 186 valence electrons. The predicted molar refractivity (Wildman–Crippen MR) is 143 cm³/mol. The highest BCUT2D eigenvalue weighted by Gasteiger charge is 2.28. The fourth-order valence-corrected chi connectivity index (χ4v) is 4.58. The molecule has 3 rings (SSSR count). The van der Waals surface area contributed by atoms with Gasteiger partial charge in [0, 0.05) is 32.7 Å². The van der Waals surface area contributed by atoms with Crippen LogP contribution in [0.5, 0.6) is 5.75 Å². The van der Waals surface area contributed by atoms with Crippen LogP contribution in [0.2, 0.25) is 0 Å². The maximum atomic E-state index is 12.2.